The Kier molecular flexibility index (Phi) is 5.24. The highest BCUT2D eigenvalue weighted by atomic mass is 16.3. The van der Waals surface area contributed by atoms with E-state index in [2.05, 4.69) is 37.1 Å². The Labute approximate surface area is 133 Å². The number of aliphatic hydroxyl groups is 1. The van der Waals surface area contributed by atoms with Gasteiger partial charge >= 0.3 is 0 Å². The molecule has 0 spiro atoms. The number of carbonyl (C=O) groups is 1. The van der Waals surface area contributed by atoms with Crippen molar-refractivity contribution in [3.05, 3.63) is 29.8 Å². The van der Waals surface area contributed by atoms with Crippen molar-refractivity contribution >= 4 is 11.6 Å². The summed E-state index contributed by atoms with van der Waals surface area (Å²) in [5, 5.41) is 12.7. The zero-order valence-electron chi connectivity index (χ0n) is 14.1. The van der Waals surface area contributed by atoms with Gasteiger partial charge < -0.3 is 10.4 Å². The van der Waals surface area contributed by atoms with Crippen LogP contribution in [-0.2, 0) is 10.2 Å². The second-order valence-electron chi connectivity index (χ2n) is 7.37. The zero-order valence-corrected chi connectivity index (χ0v) is 14.1. The van der Waals surface area contributed by atoms with Crippen LogP contribution in [0.25, 0.3) is 0 Å². The summed E-state index contributed by atoms with van der Waals surface area (Å²) in [6.07, 6.45) is 0.665. The minimum absolute atomic E-state index is 0.00503. The summed E-state index contributed by atoms with van der Waals surface area (Å²) in [5.74, 6) is 0.303. The van der Waals surface area contributed by atoms with Crippen LogP contribution < -0.4 is 5.32 Å². The summed E-state index contributed by atoms with van der Waals surface area (Å²) in [4.78, 5) is 14.4. The molecule has 122 valence electrons. The van der Waals surface area contributed by atoms with Crippen LogP contribution in [0.5, 0.6) is 0 Å². The standard InChI is InChI=1S/C18H28N2O2/c1-13(21)14-9-10-20(11-14)12-17(22)19-16-8-6-5-7-15(16)18(2,3)4/h5-8,13-14,21H,9-12H2,1-4H3,(H,19,22). The number of hydrogen-bond acceptors (Lipinski definition) is 3. The van der Waals surface area contributed by atoms with E-state index in [0.29, 0.717) is 6.54 Å². The van der Waals surface area contributed by atoms with Crippen molar-refractivity contribution in [3.63, 3.8) is 0 Å². The van der Waals surface area contributed by atoms with E-state index in [9.17, 15) is 9.90 Å². The number of para-hydroxylation sites is 1. The van der Waals surface area contributed by atoms with Crippen LogP contribution >= 0.6 is 0 Å². The number of carbonyl (C=O) groups excluding carboxylic acids is 1. The molecule has 1 aliphatic rings. The first kappa shape index (κ1) is 17.0. The molecule has 4 heteroatoms. The molecular weight excluding hydrogens is 276 g/mol. The van der Waals surface area contributed by atoms with Crippen molar-refractivity contribution in [3.8, 4) is 0 Å². The quantitative estimate of drug-likeness (QED) is 0.899. The van der Waals surface area contributed by atoms with E-state index in [-0.39, 0.29) is 23.3 Å². The first-order valence-corrected chi connectivity index (χ1v) is 8.07. The van der Waals surface area contributed by atoms with Crippen LogP contribution in [0.2, 0.25) is 0 Å². The van der Waals surface area contributed by atoms with Gasteiger partial charge in [0.15, 0.2) is 0 Å². The van der Waals surface area contributed by atoms with Gasteiger partial charge in [0.25, 0.3) is 0 Å². The molecule has 1 aromatic carbocycles. The highest BCUT2D eigenvalue weighted by Crippen LogP contribution is 2.29. The molecule has 2 rings (SSSR count). The highest BCUT2D eigenvalue weighted by Gasteiger charge is 2.27. The van der Waals surface area contributed by atoms with Crippen molar-refractivity contribution in [2.45, 2.75) is 45.6 Å². The summed E-state index contributed by atoms with van der Waals surface area (Å²) in [7, 11) is 0. The third kappa shape index (κ3) is 4.31. The fourth-order valence-corrected chi connectivity index (χ4v) is 3.04. The van der Waals surface area contributed by atoms with Crippen LogP contribution in [0.15, 0.2) is 24.3 Å². The van der Waals surface area contributed by atoms with Crippen molar-refractivity contribution in [2.75, 3.05) is 25.0 Å². The molecular formula is C18H28N2O2. The van der Waals surface area contributed by atoms with Crippen molar-refractivity contribution < 1.29 is 9.90 Å². The smallest absolute Gasteiger partial charge is 0.238 e. The molecule has 1 aliphatic heterocycles. The predicted octanol–water partition coefficient (Wildman–Crippen LogP) is 2.63. The number of rotatable bonds is 4. The van der Waals surface area contributed by atoms with Crippen LogP contribution in [-0.4, -0.2) is 41.7 Å². The fraction of sp³-hybridized carbons (Fsp3) is 0.611. The predicted molar refractivity (Wildman–Crippen MR) is 90.0 cm³/mol. The average Bonchev–Trinajstić information content (AvgIpc) is 2.86. The molecule has 0 bridgehead atoms. The minimum Gasteiger partial charge on any atom is -0.393 e. The molecule has 4 nitrogen and oxygen atoms in total. The topological polar surface area (TPSA) is 52.6 Å². The Bertz CT molecular complexity index is 520. The van der Waals surface area contributed by atoms with E-state index in [1.165, 1.54) is 0 Å². The van der Waals surface area contributed by atoms with Crippen molar-refractivity contribution in [2.24, 2.45) is 5.92 Å². The number of nitrogens with zero attached hydrogens (tertiary/aromatic N) is 1. The highest BCUT2D eigenvalue weighted by molar-refractivity contribution is 5.93. The summed E-state index contributed by atoms with van der Waals surface area (Å²) < 4.78 is 0. The number of nitrogens with one attached hydrogen (secondary N) is 1. The Morgan fingerprint density at radius 3 is 2.68 bits per heavy atom. The van der Waals surface area contributed by atoms with Gasteiger partial charge in [0.05, 0.1) is 12.6 Å². The van der Waals surface area contributed by atoms with E-state index in [1.807, 2.05) is 25.1 Å². The van der Waals surface area contributed by atoms with E-state index >= 15 is 0 Å². The lowest BCUT2D eigenvalue weighted by Gasteiger charge is -2.23. The molecule has 1 aromatic rings. The molecule has 0 radical (unpaired) electrons. The minimum atomic E-state index is -0.297. The lowest BCUT2D eigenvalue weighted by atomic mass is 9.86. The second kappa shape index (κ2) is 6.80. The van der Waals surface area contributed by atoms with Crippen molar-refractivity contribution in [1.29, 1.82) is 0 Å². The Balaban J connectivity index is 1.96. The van der Waals surface area contributed by atoms with Gasteiger partial charge in [-0.25, -0.2) is 0 Å². The van der Waals surface area contributed by atoms with Crippen molar-refractivity contribution in [1.82, 2.24) is 4.90 Å². The van der Waals surface area contributed by atoms with Gasteiger partial charge in [-0.05, 0) is 42.9 Å². The maximum Gasteiger partial charge on any atom is 0.238 e. The SMILES string of the molecule is CC(O)C1CCN(CC(=O)Nc2ccccc2C(C)(C)C)C1. The molecule has 2 N–H and O–H groups in total. The van der Waals surface area contributed by atoms with Crippen LogP contribution in [0.3, 0.4) is 0 Å². The lowest BCUT2D eigenvalue weighted by molar-refractivity contribution is -0.117. The fourth-order valence-electron chi connectivity index (χ4n) is 3.04. The van der Waals surface area contributed by atoms with E-state index in [4.69, 9.17) is 0 Å². The van der Waals surface area contributed by atoms with Gasteiger partial charge in [-0.2, -0.15) is 0 Å². The van der Waals surface area contributed by atoms with Gasteiger partial charge in [-0.1, -0.05) is 39.0 Å². The zero-order chi connectivity index (χ0) is 16.3. The summed E-state index contributed by atoms with van der Waals surface area (Å²) in [6, 6.07) is 7.98. The Morgan fingerprint density at radius 1 is 1.41 bits per heavy atom. The molecule has 1 fully saturated rings. The van der Waals surface area contributed by atoms with Crippen LogP contribution in [0, 0.1) is 5.92 Å². The summed E-state index contributed by atoms with van der Waals surface area (Å²) in [5.41, 5.74) is 2.03. The normalized spacial score (nSPS) is 20.9. The summed E-state index contributed by atoms with van der Waals surface area (Å²) >= 11 is 0. The van der Waals surface area contributed by atoms with Crippen LogP contribution in [0.1, 0.15) is 39.7 Å². The molecule has 2 atom stereocenters. The lowest BCUT2D eigenvalue weighted by Crippen LogP contribution is -2.33. The third-order valence-corrected chi connectivity index (χ3v) is 4.37. The molecule has 0 saturated carbocycles. The molecule has 1 saturated heterocycles. The monoisotopic (exact) mass is 304 g/mol. The number of benzene rings is 1. The number of aliphatic hydroxyl groups excluding tert-OH is 1. The largest absolute Gasteiger partial charge is 0.393 e. The van der Waals surface area contributed by atoms with Crippen LogP contribution in [0.4, 0.5) is 5.69 Å². The van der Waals surface area contributed by atoms with E-state index in [1.54, 1.807) is 0 Å². The van der Waals surface area contributed by atoms with Gasteiger partial charge in [0.1, 0.15) is 0 Å². The molecule has 1 heterocycles. The molecule has 22 heavy (non-hydrogen) atoms. The third-order valence-electron chi connectivity index (χ3n) is 4.37. The molecule has 1 amide bonds. The van der Waals surface area contributed by atoms with E-state index < -0.39 is 0 Å². The number of hydrogen-bond donors (Lipinski definition) is 2. The van der Waals surface area contributed by atoms with Gasteiger partial charge in [-0.3, -0.25) is 9.69 Å². The number of likely N-dealkylation sites (tertiary alicyclic amines) is 1. The number of amides is 1. The first-order chi connectivity index (χ1) is 10.3. The Morgan fingerprint density at radius 2 is 2.09 bits per heavy atom. The van der Waals surface area contributed by atoms with Gasteiger partial charge in [0, 0.05) is 12.2 Å². The first-order valence-electron chi connectivity index (χ1n) is 8.07. The second-order valence-corrected chi connectivity index (χ2v) is 7.37. The molecule has 2 unspecified atom stereocenters. The summed E-state index contributed by atoms with van der Waals surface area (Å²) in [6.45, 7) is 10.3. The molecule has 0 aliphatic carbocycles. The van der Waals surface area contributed by atoms with Gasteiger partial charge in [0.2, 0.25) is 5.91 Å². The maximum atomic E-state index is 12.3. The Hall–Kier alpha value is -1.39. The molecule has 0 aromatic heterocycles. The average molecular weight is 304 g/mol. The van der Waals surface area contributed by atoms with E-state index in [0.717, 1.165) is 30.8 Å². The van der Waals surface area contributed by atoms with Gasteiger partial charge in [-0.15, -0.1) is 0 Å². The maximum absolute atomic E-state index is 12.3. The number of anilines is 1.